The summed E-state index contributed by atoms with van der Waals surface area (Å²) in [6.45, 7) is 2.06. The van der Waals surface area contributed by atoms with Gasteiger partial charge in [0.05, 0.1) is 13.2 Å². The van der Waals surface area contributed by atoms with Gasteiger partial charge in [0.15, 0.2) is 0 Å². The van der Waals surface area contributed by atoms with Crippen molar-refractivity contribution < 1.29 is 28.0 Å². The monoisotopic (exact) mass is 395 g/mol. The molecule has 0 heterocycles. The van der Waals surface area contributed by atoms with Gasteiger partial charge in [0.2, 0.25) is 0 Å². The molecule has 1 atom stereocenters. The van der Waals surface area contributed by atoms with Crippen LogP contribution >= 0.6 is 7.82 Å². The van der Waals surface area contributed by atoms with Gasteiger partial charge in [0.25, 0.3) is 0 Å². The summed E-state index contributed by atoms with van der Waals surface area (Å²) in [5.74, 6) is -0.305. The molecule has 0 aliphatic carbocycles. The van der Waals surface area contributed by atoms with Gasteiger partial charge in [-0.15, -0.1) is 0 Å². The molecular formula is C18H38NO6P. The molecule has 0 amide bonds. The van der Waals surface area contributed by atoms with Crippen LogP contribution in [0.2, 0.25) is 0 Å². The maximum Gasteiger partial charge on any atom is 0.472 e. The minimum Gasteiger partial charge on any atom is -0.463 e. The second-order valence-corrected chi connectivity index (χ2v) is 7.88. The zero-order chi connectivity index (χ0) is 19.5. The number of phosphoric acid groups is 1. The molecule has 0 spiro atoms. The van der Waals surface area contributed by atoms with Crippen molar-refractivity contribution in [3.63, 3.8) is 0 Å². The molecule has 0 aromatic rings. The van der Waals surface area contributed by atoms with E-state index < -0.39 is 7.82 Å². The first kappa shape index (κ1) is 25.5. The number of hydrogen-bond donors (Lipinski definition) is 2. The molecule has 0 rings (SSSR count). The Labute approximate surface area is 158 Å². The van der Waals surface area contributed by atoms with E-state index in [1.165, 1.54) is 51.4 Å². The highest BCUT2D eigenvalue weighted by Gasteiger charge is 2.20. The van der Waals surface area contributed by atoms with Crippen molar-refractivity contribution in [2.75, 3.05) is 26.4 Å². The lowest BCUT2D eigenvalue weighted by Crippen LogP contribution is -2.12. The number of esters is 1. The fourth-order valence-corrected chi connectivity index (χ4v) is 3.24. The lowest BCUT2D eigenvalue weighted by atomic mass is 10.1. The third-order valence-electron chi connectivity index (χ3n) is 3.96. The second-order valence-electron chi connectivity index (χ2n) is 6.43. The van der Waals surface area contributed by atoms with E-state index >= 15 is 0 Å². The number of nitrogens with two attached hydrogens (primary N) is 1. The molecule has 0 aromatic carbocycles. The van der Waals surface area contributed by atoms with Crippen LogP contribution < -0.4 is 5.73 Å². The average Bonchev–Trinajstić information content (AvgIpc) is 2.61. The van der Waals surface area contributed by atoms with Gasteiger partial charge >= 0.3 is 13.8 Å². The van der Waals surface area contributed by atoms with Crippen molar-refractivity contribution in [2.24, 2.45) is 5.73 Å². The highest BCUT2D eigenvalue weighted by atomic mass is 31.2. The topological polar surface area (TPSA) is 108 Å². The molecule has 26 heavy (non-hydrogen) atoms. The average molecular weight is 395 g/mol. The molecule has 1 unspecified atom stereocenters. The predicted molar refractivity (Wildman–Crippen MR) is 103 cm³/mol. The van der Waals surface area contributed by atoms with E-state index in [1.54, 1.807) is 0 Å². The highest BCUT2D eigenvalue weighted by Crippen LogP contribution is 2.42. The van der Waals surface area contributed by atoms with Gasteiger partial charge in [0, 0.05) is 13.0 Å². The summed E-state index contributed by atoms with van der Waals surface area (Å²) < 4.78 is 25.5. The molecule has 7 nitrogen and oxygen atoms in total. The third kappa shape index (κ3) is 18.3. The van der Waals surface area contributed by atoms with Crippen molar-refractivity contribution >= 4 is 13.8 Å². The second kappa shape index (κ2) is 17.9. The largest absolute Gasteiger partial charge is 0.472 e. The number of carbonyl (C=O) groups is 1. The van der Waals surface area contributed by atoms with E-state index in [9.17, 15) is 14.3 Å². The summed E-state index contributed by atoms with van der Waals surface area (Å²) in [6, 6.07) is 0. The van der Waals surface area contributed by atoms with Crippen LogP contribution in [0.25, 0.3) is 0 Å². The Morgan fingerprint density at radius 1 is 0.846 bits per heavy atom. The van der Waals surface area contributed by atoms with Crippen LogP contribution in [0.5, 0.6) is 0 Å². The van der Waals surface area contributed by atoms with Crippen LogP contribution in [0, 0.1) is 0 Å². The molecule has 0 aromatic heterocycles. The Morgan fingerprint density at radius 3 is 1.88 bits per heavy atom. The summed E-state index contributed by atoms with van der Waals surface area (Å²) in [5.41, 5.74) is 5.16. The van der Waals surface area contributed by atoms with Gasteiger partial charge in [-0.05, 0) is 6.42 Å². The third-order valence-corrected chi connectivity index (χ3v) is 4.98. The minimum atomic E-state index is -4.09. The highest BCUT2D eigenvalue weighted by molar-refractivity contribution is 7.47. The molecule has 0 saturated heterocycles. The zero-order valence-electron chi connectivity index (χ0n) is 16.3. The van der Waals surface area contributed by atoms with Crippen molar-refractivity contribution in [1.82, 2.24) is 0 Å². The molecular weight excluding hydrogens is 357 g/mol. The summed E-state index contributed by atoms with van der Waals surface area (Å²) in [4.78, 5) is 20.8. The Balaban J connectivity index is 3.35. The number of ether oxygens (including phenoxy) is 1. The molecule has 0 bridgehead atoms. The molecule has 0 saturated carbocycles. The van der Waals surface area contributed by atoms with Crippen LogP contribution in [0.15, 0.2) is 0 Å². The van der Waals surface area contributed by atoms with Crippen LogP contribution in [-0.4, -0.2) is 37.2 Å². The first-order valence-corrected chi connectivity index (χ1v) is 11.5. The quantitative estimate of drug-likeness (QED) is 0.190. The predicted octanol–water partition coefficient (Wildman–Crippen LogP) is 4.32. The van der Waals surface area contributed by atoms with Crippen molar-refractivity contribution in [1.29, 1.82) is 0 Å². The van der Waals surface area contributed by atoms with Gasteiger partial charge in [0.1, 0.15) is 6.61 Å². The van der Waals surface area contributed by atoms with Gasteiger partial charge < -0.3 is 15.4 Å². The van der Waals surface area contributed by atoms with E-state index in [1.807, 2.05) is 0 Å². The standard InChI is InChI=1S/C18H38NO6P/c1-2-3-4-5-6-7-8-9-10-11-12-13-18(20)23-16-17-25-26(21,22)24-15-14-19/h2-17,19H2,1H3,(H,21,22). The Kier molecular flexibility index (Phi) is 17.6. The van der Waals surface area contributed by atoms with Crippen molar-refractivity contribution in [3.8, 4) is 0 Å². The lowest BCUT2D eigenvalue weighted by molar-refractivity contribution is -0.144. The van der Waals surface area contributed by atoms with Crippen LogP contribution in [0.4, 0.5) is 0 Å². The molecule has 3 N–H and O–H groups in total. The molecule has 0 fully saturated rings. The SMILES string of the molecule is CCCCCCCCCCCCCC(=O)OCCOP(=O)(O)OCCN. The van der Waals surface area contributed by atoms with Gasteiger partial charge in [-0.1, -0.05) is 71.1 Å². The summed E-state index contributed by atoms with van der Waals surface area (Å²) in [7, 11) is -4.09. The smallest absolute Gasteiger partial charge is 0.463 e. The maximum absolute atomic E-state index is 11.5. The number of unbranched alkanes of at least 4 members (excludes halogenated alkanes) is 10. The van der Waals surface area contributed by atoms with E-state index in [0.717, 1.165) is 19.3 Å². The van der Waals surface area contributed by atoms with Crippen LogP contribution in [-0.2, 0) is 23.1 Å². The molecule has 156 valence electrons. The van der Waals surface area contributed by atoms with E-state index in [4.69, 9.17) is 10.5 Å². The van der Waals surface area contributed by atoms with Crippen molar-refractivity contribution in [2.45, 2.75) is 84.0 Å². The minimum absolute atomic E-state index is 0.0621. The van der Waals surface area contributed by atoms with Gasteiger partial charge in [-0.3, -0.25) is 13.8 Å². The fraction of sp³-hybridized carbons (Fsp3) is 0.944. The van der Waals surface area contributed by atoms with Crippen LogP contribution in [0.1, 0.15) is 84.0 Å². The van der Waals surface area contributed by atoms with E-state index in [2.05, 4.69) is 16.0 Å². The first-order chi connectivity index (χ1) is 12.5. The molecule has 0 aliphatic rings. The lowest BCUT2D eigenvalue weighted by Gasteiger charge is -2.11. The van der Waals surface area contributed by atoms with E-state index in [0.29, 0.717) is 6.42 Å². The summed E-state index contributed by atoms with van der Waals surface area (Å²) >= 11 is 0. The Hall–Kier alpha value is -0.460. The fourth-order valence-electron chi connectivity index (χ4n) is 2.52. The number of hydrogen-bond acceptors (Lipinski definition) is 6. The Bertz CT molecular complexity index is 381. The Morgan fingerprint density at radius 2 is 1.35 bits per heavy atom. The van der Waals surface area contributed by atoms with E-state index in [-0.39, 0.29) is 32.3 Å². The van der Waals surface area contributed by atoms with Crippen LogP contribution in [0.3, 0.4) is 0 Å². The zero-order valence-corrected chi connectivity index (χ0v) is 17.2. The molecule has 0 radical (unpaired) electrons. The number of carbonyl (C=O) groups excluding carboxylic acids is 1. The molecule has 0 aliphatic heterocycles. The number of rotatable bonds is 19. The summed E-state index contributed by atoms with van der Waals surface area (Å²) in [6.07, 6.45) is 13.9. The normalized spacial score (nSPS) is 13.5. The first-order valence-electron chi connectivity index (χ1n) is 9.99. The van der Waals surface area contributed by atoms with Gasteiger partial charge in [-0.2, -0.15) is 0 Å². The summed E-state index contributed by atoms with van der Waals surface area (Å²) in [5, 5.41) is 0. The van der Waals surface area contributed by atoms with Gasteiger partial charge in [-0.25, -0.2) is 4.57 Å². The van der Waals surface area contributed by atoms with Crippen molar-refractivity contribution in [3.05, 3.63) is 0 Å². The molecule has 8 heteroatoms. The maximum atomic E-state index is 11.5. The number of phosphoric ester groups is 1.